The van der Waals surface area contributed by atoms with E-state index in [-0.39, 0.29) is 0 Å². The normalized spacial score (nSPS) is 19.5. The Morgan fingerprint density at radius 1 is 1.38 bits per heavy atom. The number of hydrogen-bond acceptors (Lipinski definition) is 7. The molecule has 2 aliphatic rings. The summed E-state index contributed by atoms with van der Waals surface area (Å²) in [6.45, 7) is 6.02. The molecule has 0 bridgehead atoms. The lowest BCUT2D eigenvalue weighted by Gasteiger charge is -2.34. The number of nitriles is 1. The van der Waals surface area contributed by atoms with Crippen molar-refractivity contribution in [3.05, 3.63) is 57.4 Å². The van der Waals surface area contributed by atoms with Gasteiger partial charge in [-0.1, -0.05) is 38.1 Å². The third-order valence-corrected chi connectivity index (χ3v) is 5.48. The van der Waals surface area contributed by atoms with Crippen LogP contribution in [0.15, 0.2) is 51.3 Å². The molecule has 0 saturated heterocycles. The van der Waals surface area contributed by atoms with E-state index in [0.717, 1.165) is 5.56 Å². The lowest BCUT2D eigenvalue weighted by atomic mass is 9.92. The molecule has 1 aromatic carbocycles. The molecule has 0 fully saturated rings. The molecular formula is C19H20N4O2S. The number of esters is 1. The maximum absolute atomic E-state index is 12.5. The molecule has 0 radical (unpaired) electrons. The minimum atomic E-state index is -0.477. The highest BCUT2D eigenvalue weighted by atomic mass is 32.2. The smallest absolute Gasteiger partial charge is 0.338 e. The fraction of sp³-hybridized carbons (Fsp3) is 0.316. The summed E-state index contributed by atoms with van der Waals surface area (Å²) < 4.78 is 4.99. The predicted octanol–water partition coefficient (Wildman–Crippen LogP) is 3.37. The predicted molar refractivity (Wildman–Crippen MR) is 102 cm³/mol. The first-order valence-electron chi connectivity index (χ1n) is 8.23. The maximum Gasteiger partial charge on any atom is 0.338 e. The van der Waals surface area contributed by atoms with Crippen molar-refractivity contribution >= 4 is 22.9 Å². The fourth-order valence-corrected chi connectivity index (χ4v) is 4.01. The summed E-state index contributed by atoms with van der Waals surface area (Å²) in [4.78, 5) is 19.1. The van der Waals surface area contributed by atoms with E-state index in [2.05, 4.69) is 24.9 Å². The molecule has 0 saturated carbocycles. The number of rotatable bonds is 3. The van der Waals surface area contributed by atoms with Gasteiger partial charge in [0, 0.05) is 0 Å². The van der Waals surface area contributed by atoms with Gasteiger partial charge in [0.15, 0.2) is 5.17 Å². The molecule has 1 atom stereocenters. The van der Waals surface area contributed by atoms with Crippen molar-refractivity contribution in [1.29, 1.82) is 5.26 Å². The summed E-state index contributed by atoms with van der Waals surface area (Å²) in [5, 5.41) is 9.93. The second-order valence-electron chi connectivity index (χ2n) is 6.41. The summed E-state index contributed by atoms with van der Waals surface area (Å²) in [5.74, 6) is 0.261. The Balaban J connectivity index is 2.16. The number of hydrogen-bond donors (Lipinski definition) is 1. The summed E-state index contributed by atoms with van der Waals surface area (Å²) in [6.07, 6.45) is 0. The number of benzene rings is 1. The molecule has 0 amide bonds. The standard InChI is InChI=1S/C19H20N4O2S/c1-10(2)12-5-7-13(8-6-12)16-15(18(24)25-4)11(3)22-19-23(16)17(21)14(9-20)26-19/h5-8,10,16H,21H2,1-4H3/t16-/m1/s1. The second-order valence-corrected chi connectivity index (χ2v) is 7.38. The second kappa shape index (κ2) is 6.89. The van der Waals surface area contributed by atoms with Crippen LogP contribution in [0.5, 0.6) is 0 Å². The van der Waals surface area contributed by atoms with Gasteiger partial charge in [-0.05, 0) is 35.7 Å². The maximum atomic E-state index is 12.5. The van der Waals surface area contributed by atoms with E-state index in [0.29, 0.717) is 33.1 Å². The first kappa shape index (κ1) is 18.1. The largest absolute Gasteiger partial charge is 0.466 e. The van der Waals surface area contributed by atoms with Gasteiger partial charge >= 0.3 is 5.97 Å². The highest BCUT2D eigenvalue weighted by molar-refractivity contribution is 8.17. The van der Waals surface area contributed by atoms with Gasteiger partial charge in [0.25, 0.3) is 0 Å². The summed E-state index contributed by atoms with van der Waals surface area (Å²) in [7, 11) is 1.35. The number of methoxy groups -OCH3 is 1. The van der Waals surface area contributed by atoms with Crippen molar-refractivity contribution in [2.75, 3.05) is 7.11 Å². The Kier molecular flexibility index (Phi) is 4.79. The van der Waals surface area contributed by atoms with Crippen LogP contribution in [0.3, 0.4) is 0 Å². The zero-order valence-corrected chi connectivity index (χ0v) is 15.9. The van der Waals surface area contributed by atoms with Gasteiger partial charge in [-0.15, -0.1) is 0 Å². The summed E-state index contributed by atoms with van der Waals surface area (Å²) >= 11 is 1.22. The number of nitrogens with zero attached hydrogens (tertiary/aromatic N) is 3. The van der Waals surface area contributed by atoms with Gasteiger partial charge in [-0.2, -0.15) is 5.26 Å². The number of amidine groups is 1. The molecule has 3 rings (SSSR count). The van der Waals surface area contributed by atoms with Gasteiger partial charge in [-0.3, -0.25) is 4.90 Å². The Morgan fingerprint density at radius 3 is 2.58 bits per heavy atom. The molecule has 0 aromatic heterocycles. The molecule has 1 aromatic rings. The van der Waals surface area contributed by atoms with Crippen molar-refractivity contribution in [2.24, 2.45) is 10.7 Å². The number of nitrogens with two attached hydrogens (primary N) is 1. The number of carbonyl (C=O) groups excluding carboxylic acids is 1. The Morgan fingerprint density at radius 2 is 2.04 bits per heavy atom. The summed E-state index contributed by atoms with van der Waals surface area (Å²) in [6, 6.07) is 9.69. The zero-order chi connectivity index (χ0) is 19.0. The molecule has 0 spiro atoms. The Hall–Kier alpha value is -2.72. The van der Waals surface area contributed by atoms with E-state index in [4.69, 9.17) is 10.5 Å². The van der Waals surface area contributed by atoms with Gasteiger partial charge in [0.2, 0.25) is 0 Å². The number of thioether (sulfide) groups is 1. The third-order valence-electron chi connectivity index (χ3n) is 4.50. The Labute approximate surface area is 157 Å². The van der Waals surface area contributed by atoms with E-state index < -0.39 is 12.0 Å². The van der Waals surface area contributed by atoms with Crippen molar-refractivity contribution < 1.29 is 9.53 Å². The van der Waals surface area contributed by atoms with Crippen LogP contribution in [0.4, 0.5) is 0 Å². The number of ether oxygens (including phenoxy) is 1. The van der Waals surface area contributed by atoms with E-state index in [9.17, 15) is 10.1 Å². The van der Waals surface area contributed by atoms with Crippen LogP contribution in [0, 0.1) is 11.3 Å². The summed E-state index contributed by atoms with van der Waals surface area (Å²) in [5.41, 5.74) is 9.30. The first-order valence-corrected chi connectivity index (χ1v) is 9.05. The van der Waals surface area contributed by atoms with Crippen LogP contribution in [-0.2, 0) is 9.53 Å². The van der Waals surface area contributed by atoms with E-state index in [1.165, 1.54) is 24.4 Å². The Bertz CT molecular complexity index is 891. The van der Waals surface area contributed by atoms with Crippen molar-refractivity contribution in [3.8, 4) is 6.07 Å². The quantitative estimate of drug-likeness (QED) is 0.823. The molecule has 0 aliphatic carbocycles. The van der Waals surface area contributed by atoms with Crippen molar-refractivity contribution in [3.63, 3.8) is 0 Å². The molecule has 2 N–H and O–H groups in total. The van der Waals surface area contributed by atoms with Crippen molar-refractivity contribution in [1.82, 2.24) is 4.90 Å². The fourth-order valence-electron chi connectivity index (χ4n) is 3.09. The van der Waals surface area contributed by atoms with Crippen LogP contribution >= 0.6 is 11.8 Å². The van der Waals surface area contributed by atoms with Gasteiger partial charge in [-0.25, -0.2) is 9.79 Å². The van der Waals surface area contributed by atoms with Gasteiger partial charge in [0.1, 0.15) is 16.8 Å². The number of allylic oxidation sites excluding steroid dienone is 2. The average molecular weight is 368 g/mol. The van der Waals surface area contributed by atoms with Gasteiger partial charge < -0.3 is 10.5 Å². The van der Waals surface area contributed by atoms with Crippen molar-refractivity contribution in [2.45, 2.75) is 32.7 Å². The van der Waals surface area contributed by atoms with E-state index >= 15 is 0 Å². The molecule has 2 heterocycles. The van der Waals surface area contributed by atoms with Crippen LogP contribution in [0.2, 0.25) is 0 Å². The van der Waals surface area contributed by atoms with Gasteiger partial charge in [0.05, 0.1) is 24.4 Å². The minimum absolute atomic E-state index is 0.308. The SMILES string of the molecule is COC(=O)C1=C(C)N=C2SC(C#N)=C(N)N2[C@@H]1c1ccc(C(C)C)cc1. The zero-order valence-electron chi connectivity index (χ0n) is 15.1. The topological polar surface area (TPSA) is 91.7 Å². The van der Waals surface area contributed by atoms with Crippen LogP contribution in [0.25, 0.3) is 0 Å². The van der Waals surface area contributed by atoms with E-state index in [1.807, 2.05) is 24.3 Å². The minimum Gasteiger partial charge on any atom is -0.466 e. The molecular weight excluding hydrogens is 348 g/mol. The molecule has 0 unspecified atom stereocenters. The molecule has 26 heavy (non-hydrogen) atoms. The van der Waals surface area contributed by atoms with E-state index in [1.54, 1.807) is 11.8 Å². The highest BCUT2D eigenvalue weighted by Crippen LogP contribution is 2.45. The molecule has 7 heteroatoms. The van der Waals surface area contributed by atoms with Crippen LogP contribution in [0.1, 0.15) is 43.9 Å². The lowest BCUT2D eigenvalue weighted by molar-refractivity contribution is -0.136. The molecule has 134 valence electrons. The van der Waals surface area contributed by atoms with Crippen LogP contribution in [-0.4, -0.2) is 23.1 Å². The number of fused-ring (bicyclic) bond motifs is 1. The number of carbonyl (C=O) groups is 1. The number of aliphatic imine (C=N–C) groups is 1. The highest BCUT2D eigenvalue weighted by Gasteiger charge is 2.42. The lowest BCUT2D eigenvalue weighted by Crippen LogP contribution is -2.38. The first-order chi connectivity index (χ1) is 12.4. The molecule has 6 nitrogen and oxygen atoms in total. The molecule has 2 aliphatic heterocycles. The third kappa shape index (κ3) is 2.86. The average Bonchev–Trinajstić information content (AvgIpc) is 2.95. The monoisotopic (exact) mass is 368 g/mol. The van der Waals surface area contributed by atoms with Crippen LogP contribution < -0.4 is 5.73 Å².